The summed E-state index contributed by atoms with van der Waals surface area (Å²) in [5.41, 5.74) is 2.72. The van der Waals surface area contributed by atoms with Gasteiger partial charge in [0.1, 0.15) is 0 Å². The molecule has 128 valence electrons. The minimum Gasteiger partial charge on any atom is -0.545 e. The van der Waals surface area contributed by atoms with Crippen LogP contribution < -0.4 is 15.3 Å². The molecule has 7 heteroatoms. The van der Waals surface area contributed by atoms with Gasteiger partial charge in [0.25, 0.3) is 11.1 Å². The average Bonchev–Trinajstić information content (AvgIpc) is 2.84. The van der Waals surface area contributed by atoms with Gasteiger partial charge >= 0.3 is 0 Å². The summed E-state index contributed by atoms with van der Waals surface area (Å²) in [7, 11) is 0. The Hall–Kier alpha value is -2.80. The summed E-state index contributed by atoms with van der Waals surface area (Å²) < 4.78 is 0. The van der Waals surface area contributed by atoms with Gasteiger partial charge in [0.15, 0.2) is 5.37 Å². The van der Waals surface area contributed by atoms with Crippen LogP contribution in [0.2, 0.25) is 0 Å². The first-order chi connectivity index (χ1) is 11.9. The lowest BCUT2D eigenvalue weighted by atomic mass is 10.1. The maximum Gasteiger partial charge on any atom is 0.295 e. The molecule has 0 aromatic heterocycles. The van der Waals surface area contributed by atoms with E-state index in [9.17, 15) is 19.5 Å². The number of imide groups is 1. The van der Waals surface area contributed by atoms with Gasteiger partial charge in [0.05, 0.1) is 11.7 Å². The van der Waals surface area contributed by atoms with Crippen molar-refractivity contribution in [3.05, 3.63) is 59.2 Å². The summed E-state index contributed by atoms with van der Waals surface area (Å²) in [4.78, 5) is 37.2. The Labute approximate surface area is 148 Å². The third-order valence-electron chi connectivity index (χ3n) is 4.03. The van der Waals surface area contributed by atoms with Crippen molar-refractivity contribution in [3.8, 4) is 0 Å². The minimum absolute atomic E-state index is 0.0621. The lowest BCUT2D eigenvalue weighted by molar-refractivity contribution is -0.254. The molecular weight excluding hydrogens is 340 g/mol. The van der Waals surface area contributed by atoms with Crippen LogP contribution in [0.4, 0.5) is 16.2 Å². The molecule has 1 N–H and O–H groups in total. The summed E-state index contributed by atoms with van der Waals surface area (Å²) in [5.74, 6) is -1.79. The Morgan fingerprint density at radius 2 is 1.84 bits per heavy atom. The van der Waals surface area contributed by atoms with Crippen molar-refractivity contribution in [3.63, 3.8) is 0 Å². The lowest BCUT2D eigenvalue weighted by Crippen LogP contribution is -2.35. The van der Waals surface area contributed by atoms with Crippen molar-refractivity contribution in [2.24, 2.45) is 0 Å². The Morgan fingerprint density at radius 1 is 1.12 bits per heavy atom. The number of hydrogen-bond donors (Lipinski definition) is 1. The van der Waals surface area contributed by atoms with E-state index < -0.39 is 22.5 Å². The zero-order valence-electron chi connectivity index (χ0n) is 13.6. The van der Waals surface area contributed by atoms with Crippen LogP contribution in [-0.4, -0.2) is 22.5 Å². The molecule has 25 heavy (non-hydrogen) atoms. The van der Waals surface area contributed by atoms with E-state index >= 15 is 0 Å². The quantitative estimate of drug-likeness (QED) is 0.905. The van der Waals surface area contributed by atoms with Gasteiger partial charge < -0.3 is 15.2 Å². The molecule has 2 aromatic rings. The summed E-state index contributed by atoms with van der Waals surface area (Å²) >= 11 is 0.815. The first-order valence-electron chi connectivity index (χ1n) is 7.57. The number of carbonyl (C=O) groups is 3. The fraction of sp³-hybridized carbons (Fsp3) is 0.167. The van der Waals surface area contributed by atoms with Crippen LogP contribution in [-0.2, 0) is 4.79 Å². The molecule has 1 aliphatic rings. The molecule has 2 aromatic carbocycles. The average molecular weight is 355 g/mol. The molecule has 0 unspecified atom stereocenters. The van der Waals surface area contributed by atoms with Crippen LogP contribution in [0, 0.1) is 13.8 Å². The third kappa shape index (κ3) is 3.23. The van der Waals surface area contributed by atoms with Gasteiger partial charge in [-0.25, -0.2) is 4.90 Å². The van der Waals surface area contributed by atoms with E-state index in [0.717, 1.165) is 27.8 Å². The molecule has 1 aliphatic heterocycles. The van der Waals surface area contributed by atoms with Gasteiger partial charge in [-0.2, -0.15) is 0 Å². The molecule has 0 bridgehead atoms. The number of nitrogens with zero attached hydrogens (tertiary/aromatic N) is 1. The second-order valence-electron chi connectivity index (χ2n) is 5.68. The second kappa shape index (κ2) is 6.60. The van der Waals surface area contributed by atoms with Crippen molar-refractivity contribution in [2.45, 2.75) is 19.2 Å². The molecule has 0 aliphatic carbocycles. The Kier molecular flexibility index (Phi) is 4.50. The number of rotatable bonds is 4. The first-order valence-corrected chi connectivity index (χ1v) is 8.45. The van der Waals surface area contributed by atoms with E-state index in [0.29, 0.717) is 5.69 Å². The first kappa shape index (κ1) is 17.0. The summed E-state index contributed by atoms with van der Waals surface area (Å²) in [6, 6.07) is 11.5. The van der Waals surface area contributed by atoms with Gasteiger partial charge in [-0.1, -0.05) is 24.3 Å². The van der Waals surface area contributed by atoms with Crippen molar-refractivity contribution < 1.29 is 19.5 Å². The van der Waals surface area contributed by atoms with Crippen LogP contribution in [0.25, 0.3) is 0 Å². The fourth-order valence-corrected chi connectivity index (χ4v) is 3.42. The number of anilines is 2. The van der Waals surface area contributed by atoms with E-state index in [1.165, 1.54) is 12.1 Å². The zero-order valence-corrected chi connectivity index (χ0v) is 14.4. The highest BCUT2D eigenvalue weighted by Gasteiger charge is 2.41. The maximum absolute atomic E-state index is 12.7. The number of nitrogens with one attached hydrogen (secondary N) is 1. The minimum atomic E-state index is -1.35. The highest BCUT2D eigenvalue weighted by atomic mass is 32.2. The Morgan fingerprint density at radius 3 is 2.52 bits per heavy atom. The summed E-state index contributed by atoms with van der Waals surface area (Å²) in [5, 5.41) is 12.7. The van der Waals surface area contributed by atoms with E-state index in [1.54, 1.807) is 24.3 Å². The number of aromatic carboxylic acids is 1. The molecule has 0 saturated carbocycles. The van der Waals surface area contributed by atoms with Crippen LogP contribution in [0.15, 0.2) is 42.5 Å². The Bertz CT molecular complexity index is 881. The van der Waals surface area contributed by atoms with Crippen molar-refractivity contribution in [1.29, 1.82) is 0 Å². The molecule has 1 atom stereocenters. The monoisotopic (exact) mass is 355 g/mol. The van der Waals surface area contributed by atoms with Gasteiger partial charge in [-0.05, 0) is 54.9 Å². The number of hydrogen-bond acceptors (Lipinski definition) is 6. The molecular formula is C18H15N2O4S-. The number of benzene rings is 2. The fourth-order valence-electron chi connectivity index (χ4n) is 2.53. The largest absolute Gasteiger partial charge is 0.545 e. The van der Waals surface area contributed by atoms with Crippen LogP contribution in [0.5, 0.6) is 0 Å². The molecule has 2 amide bonds. The number of thioether (sulfide) groups is 1. The molecule has 3 rings (SSSR count). The number of carboxylic acid groups (broad SMARTS) is 1. The van der Waals surface area contributed by atoms with Gasteiger partial charge in [0.2, 0.25) is 0 Å². The maximum atomic E-state index is 12.7. The molecule has 0 spiro atoms. The number of para-hydroxylation sites is 1. The smallest absolute Gasteiger partial charge is 0.295 e. The number of aryl methyl sites for hydroxylation is 2. The molecule has 6 nitrogen and oxygen atoms in total. The normalized spacial score (nSPS) is 17.0. The topological polar surface area (TPSA) is 89.5 Å². The lowest BCUT2D eigenvalue weighted by Gasteiger charge is -2.17. The van der Waals surface area contributed by atoms with E-state index in [4.69, 9.17) is 0 Å². The molecule has 1 heterocycles. The predicted octanol–water partition coefficient (Wildman–Crippen LogP) is 2.30. The van der Waals surface area contributed by atoms with Gasteiger partial charge in [-0.15, -0.1) is 0 Å². The third-order valence-corrected chi connectivity index (χ3v) is 4.97. The number of carbonyl (C=O) groups excluding carboxylic acids is 3. The molecule has 1 fully saturated rings. The zero-order chi connectivity index (χ0) is 18.1. The van der Waals surface area contributed by atoms with Gasteiger partial charge in [-0.3, -0.25) is 9.59 Å². The molecule has 1 saturated heterocycles. The number of carboxylic acids is 1. The molecule has 0 radical (unpaired) electrons. The summed E-state index contributed by atoms with van der Waals surface area (Å²) in [6.07, 6.45) is 0. The standard InChI is InChI=1S/C18H16N2O4S/c1-10-7-8-12(9-11(10)2)20-16(21)15(25-18(20)24)19-14-6-4-3-5-13(14)17(22)23/h3-9,15,19H,1-2H3,(H,22,23)/p-1/t15-/m1/s1. The Balaban J connectivity index is 1.87. The van der Waals surface area contributed by atoms with E-state index in [-0.39, 0.29) is 11.3 Å². The van der Waals surface area contributed by atoms with E-state index in [2.05, 4.69) is 5.32 Å². The van der Waals surface area contributed by atoms with E-state index in [1.807, 2.05) is 19.9 Å². The van der Waals surface area contributed by atoms with Crippen LogP contribution >= 0.6 is 11.8 Å². The van der Waals surface area contributed by atoms with Crippen LogP contribution in [0.1, 0.15) is 21.5 Å². The summed E-state index contributed by atoms with van der Waals surface area (Å²) in [6.45, 7) is 3.85. The highest BCUT2D eigenvalue weighted by Crippen LogP contribution is 2.33. The highest BCUT2D eigenvalue weighted by molar-refractivity contribution is 8.16. The van der Waals surface area contributed by atoms with Crippen molar-refractivity contribution >= 4 is 40.3 Å². The van der Waals surface area contributed by atoms with Crippen molar-refractivity contribution in [1.82, 2.24) is 0 Å². The predicted molar refractivity (Wildman–Crippen MR) is 94.6 cm³/mol. The van der Waals surface area contributed by atoms with Crippen molar-refractivity contribution in [2.75, 3.05) is 10.2 Å². The van der Waals surface area contributed by atoms with Gasteiger partial charge in [0, 0.05) is 11.3 Å². The second-order valence-corrected chi connectivity index (χ2v) is 6.74. The van der Waals surface area contributed by atoms with Crippen LogP contribution in [0.3, 0.4) is 0 Å². The SMILES string of the molecule is Cc1ccc(N2C(=O)S[C@@H](Nc3ccccc3C(=O)[O-])C2=O)cc1C. The number of amides is 2.